The number of nitrogens with two attached hydrogens (primary N) is 1. The van der Waals surface area contributed by atoms with Gasteiger partial charge in [0.2, 0.25) is 17.4 Å². The lowest BCUT2D eigenvalue weighted by molar-refractivity contribution is -0.126. The van der Waals surface area contributed by atoms with Gasteiger partial charge in [-0.3, -0.25) is 4.79 Å². The molecule has 0 fully saturated rings. The minimum atomic E-state index is -4.37. The predicted octanol–water partition coefficient (Wildman–Crippen LogP) is -0.585. The molecule has 1 heterocycles. The third-order valence-corrected chi connectivity index (χ3v) is 7.09. The number of ether oxygens (including phenoxy) is 1. The zero-order valence-electron chi connectivity index (χ0n) is 15.9. The van der Waals surface area contributed by atoms with Crippen LogP contribution >= 0.6 is 11.6 Å². The SMILES string of the molecule is BC(B)(c1ccccc1)S(=O)(=O)OC1=C(N)O[C@@](B)(c2cccc(Cl)c2F)C1=O. The molecular formula is C17H16B3ClFNO5S. The molecular weight excluding hydrogens is 417 g/mol. The van der Waals surface area contributed by atoms with Crippen molar-refractivity contribution in [2.45, 2.75) is 10.0 Å². The van der Waals surface area contributed by atoms with Gasteiger partial charge in [-0.05, 0) is 11.6 Å². The highest BCUT2D eigenvalue weighted by molar-refractivity contribution is 7.90. The van der Waals surface area contributed by atoms with Crippen molar-refractivity contribution in [1.29, 1.82) is 0 Å². The minimum Gasteiger partial charge on any atom is -0.467 e. The fraction of sp³-hybridized carbons (Fsp3) is 0.118. The number of hydrogen-bond donors (Lipinski definition) is 1. The van der Waals surface area contributed by atoms with Gasteiger partial charge in [-0.15, -0.1) is 0 Å². The maximum Gasteiger partial charge on any atom is 0.304 e. The molecule has 1 aliphatic rings. The van der Waals surface area contributed by atoms with E-state index in [4.69, 9.17) is 26.3 Å². The van der Waals surface area contributed by atoms with Crippen molar-refractivity contribution in [3.05, 3.63) is 82.1 Å². The first-order chi connectivity index (χ1) is 13.4. The van der Waals surface area contributed by atoms with Gasteiger partial charge in [0, 0.05) is 5.56 Å². The highest BCUT2D eigenvalue weighted by atomic mass is 35.5. The monoisotopic (exact) mass is 433 g/mol. The van der Waals surface area contributed by atoms with Gasteiger partial charge in [0.15, 0.2) is 13.3 Å². The van der Waals surface area contributed by atoms with Crippen LogP contribution in [0.25, 0.3) is 0 Å². The molecule has 2 N–H and O–H groups in total. The second kappa shape index (κ2) is 7.14. The first-order valence-corrected chi connectivity index (χ1v) is 10.4. The average Bonchev–Trinajstić information content (AvgIpc) is 2.88. The van der Waals surface area contributed by atoms with Gasteiger partial charge in [0.1, 0.15) is 21.5 Å². The number of benzene rings is 2. The molecule has 0 saturated heterocycles. The second-order valence-electron chi connectivity index (χ2n) is 7.17. The van der Waals surface area contributed by atoms with E-state index in [0.717, 1.165) is 0 Å². The molecule has 1 atom stereocenters. The van der Waals surface area contributed by atoms with Gasteiger partial charge >= 0.3 is 10.1 Å². The maximum absolute atomic E-state index is 14.5. The van der Waals surface area contributed by atoms with Gasteiger partial charge in [-0.2, -0.15) is 8.42 Å². The van der Waals surface area contributed by atoms with E-state index in [2.05, 4.69) is 0 Å². The van der Waals surface area contributed by atoms with E-state index in [9.17, 15) is 17.6 Å². The largest absolute Gasteiger partial charge is 0.467 e. The average molecular weight is 433 g/mol. The van der Waals surface area contributed by atoms with Crippen molar-refractivity contribution in [3.63, 3.8) is 0 Å². The Bertz CT molecular complexity index is 1130. The van der Waals surface area contributed by atoms with E-state index in [0.29, 0.717) is 5.56 Å². The Hall–Kier alpha value is -2.39. The summed E-state index contributed by atoms with van der Waals surface area (Å²) in [6.07, 6.45) is 0. The molecule has 0 spiro atoms. The first-order valence-electron chi connectivity index (χ1n) is 8.59. The molecule has 0 amide bonds. The third-order valence-electron chi connectivity index (χ3n) is 4.93. The van der Waals surface area contributed by atoms with Crippen LogP contribution < -0.4 is 5.73 Å². The zero-order chi connectivity index (χ0) is 21.6. The van der Waals surface area contributed by atoms with Crippen LogP contribution in [0.15, 0.2) is 60.2 Å². The summed E-state index contributed by atoms with van der Waals surface area (Å²) in [7, 11) is -0.235. The summed E-state index contributed by atoms with van der Waals surface area (Å²) in [6.45, 7) is 0. The summed E-state index contributed by atoms with van der Waals surface area (Å²) in [5.41, 5.74) is 4.10. The van der Waals surface area contributed by atoms with Crippen molar-refractivity contribution in [2.75, 3.05) is 0 Å². The van der Waals surface area contributed by atoms with Gasteiger partial charge in [-0.25, -0.2) is 4.39 Å². The first kappa shape index (κ1) is 21.3. The second-order valence-corrected chi connectivity index (χ2v) is 9.68. The summed E-state index contributed by atoms with van der Waals surface area (Å²) in [6, 6.07) is 12.4. The number of carbonyl (C=O) groups excluding carboxylic acids is 1. The molecule has 0 aromatic heterocycles. The molecule has 12 heteroatoms. The van der Waals surface area contributed by atoms with Crippen molar-refractivity contribution < 1.29 is 26.5 Å². The standard InChI is InChI=1S/C17H16B3ClFNO5S/c18-16(10-7-4-8-11(21)12(10)22)14(24)13(15(23)27-16)28-29(25,26)17(19,20)9-5-2-1-3-6-9/h1-8H,18-20,23H2/t16-/m0/s1. The van der Waals surface area contributed by atoms with Gasteiger partial charge in [0.25, 0.3) is 0 Å². The van der Waals surface area contributed by atoms with E-state index in [1.54, 1.807) is 30.3 Å². The van der Waals surface area contributed by atoms with Crippen LogP contribution in [0.1, 0.15) is 11.1 Å². The number of rotatable bonds is 5. The molecule has 0 saturated carbocycles. The van der Waals surface area contributed by atoms with Crippen LogP contribution in [0.2, 0.25) is 5.02 Å². The number of Topliss-reactive ketones (excluding diaryl/α,β-unsaturated/α-hetero) is 1. The van der Waals surface area contributed by atoms with E-state index in [1.807, 2.05) is 0 Å². The lowest BCUT2D eigenvalue weighted by Crippen LogP contribution is -2.40. The van der Waals surface area contributed by atoms with Crippen LogP contribution in [0.3, 0.4) is 0 Å². The topological polar surface area (TPSA) is 95.7 Å². The van der Waals surface area contributed by atoms with Crippen LogP contribution in [0.4, 0.5) is 4.39 Å². The summed E-state index contributed by atoms with van der Waals surface area (Å²) in [5.74, 6) is -3.05. The Kier molecular flexibility index (Phi) is 5.25. The fourth-order valence-corrected chi connectivity index (χ4v) is 4.15. The fourth-order valence-electron chi connectivity index (χ4n) is 2.97. The number of carbonyl (C=O) groups is 1. The lowest BCUT2D eigenvalue weighted by Gasteiger charge is -2.26. The van der Waals surface area contributed by atoms with Gasteiger partial charge in [0.05, 0.1) is 9.57 Å². The quantitative estimate of drug-likeness (QED) is 0.501. The molecule has 2 aromatic carbocycles. The number of halogens is 2. The Balaban J connectivity index is 1.97. The predicted molar refractivity (Wildman–Crippen MR) is 114 cm³/mol. The molecule has 0 radical (unpaired) electrons. The van der Waals surface area contributed by atoms with Crippen LogP contribution in [-0.2, 0) is 33.9 Å². The summed E-state index contributed by atoms with van der Waals surface area (Å²) >= 11 is 5.80. The minimum absolute atomic E-state index is 0.184. The Morgan fingerprint density at radius 3 is 2.38 bits per heavy atom. The Labute approximate surface area is 175 Å². The van der Waals surface area contributed by atoms with Crippen molar-refractivity contribution >= 4 is 51.0 Å². The van der Waals surface area contributed by atoms with Crippen LogP contribution in [-0.4, -0.2) is 37.7 Å². The van der Waals surface area contributed by atoms with E-state index < -0.39 is 43.4 Å². The maximum atomic E-state index is 14.5. The number of ketones is 1. The van der Waals surface area contributed by atoms with Crippen molar-refractivity contribution in [1.82, 2.24) is 0 Å². The molecule has 2 aromatic rings. The zero-order valence-corrected chi connectivity index (χ0v) is 17.5. The number of hydrogen-bond acceptors (Lipinski definition) is 6. The van der Waals surface area contributed by atoms with Gasteiger partial charge in [-0.1, -0.05) is 54.1 Å². The summed E-state index contributed by atoms with van der Waals surface area (Å²) in [4.78, 5) is 13.0. The molecule has 0 unspecified atom stereocenters. The van der Waals surface area contributed by atoms with Crippen LogP contribution in [0.5, 0.6) is 0 Å². The highest BCUT2D eigenvalue weighted by Gasteiger charge is 2.52. The smallest absolute Gasteiger partial charge is 0.304 e. The molecule has 0 aliphatic carbocycles. The van der Waals surface area contributed by atoms with E-state index in [-0.39, 0.29) is 10.6 Å². The molecule has 29 heavy (non-hydrogen) atoms. The molecule has 148 valence electrons. The summed E-state index contributed by atoms with van der Waals surface area (Å²) < 4.78 is 49.4. The lowest BCUT2D eigenvalue weighted by atomic mass is 9.65. The van der Waals surface area contributed by atoms with E-state index >= 15 is 0 Å². The van der Waals surface area contributed by atoms with Crippen molar-refractivity contribution in [2.24, 2.45) is 5.73 Å². The highest BCUT2D eigenvalue weighted by Crippen LogP contribution is 2.39. The van der Waals surface area contributed by atoms with Gasteiger partial charge < -0.3 is 14.7 Å². The third kappa shape index (κ3) is 3.42. The normalized spacial score (nSPS) is 19.9. The van der Waals surface area contributed by atoms with Crippen LogP contribution in [0, 0.1) is 5.82 Å². The molecule has 3 rings (SSSR count). The molecule has 0 bridgehead atoms. The van der Waals surface area contributed by atoms with E-state index in [1.165, 1.54) is 41.7 Å². The Morgan fingerprint density at radius 2 is 1.76 bits per heavy atom. The van der Waals surface area contributed by atoms with Crippen molar-refractivity contribution in [3.8, 4) is 0 Å². The molecule has 1 aliphatic heterocycles. The Morgan fingerprint density at radius 1 is 1.14 bits per heavy atom. The summed E-state index contributed by atoms with van der Waals surface area (Å²) in [5, 5.41) is -0.217. The molecule has 6 nitrogen and oxygen atoms in total.